The Labute approximate surface area is 161 Å². The number of nitrogens with two attached hydrogens (primary N) is 1. The molecule has 4 rings (SSSR count). The highest BCUT2D eigenvalue weighted by Gasteiger charge is 2.36. The number of alkyl halides is 3. The number of nitrogens with one attached hydrogen (secondary N) is 1. The van der Waals surface area contributed by atoms with Gasteiger partial charge in [0.15, 0.2) is 0 Å². The number of rotatable bonds is 5. The monoisotopic (exact) mass is 392 g/mol. The van der Waals surface area contributed by atoms with Crippen molar-refractivity contribution in [3.63, 3.8) is 0 Å². The van der Waals surface area contributed by atoms with Gasteiger partial charge in [-0.05, 0) is 56.3 Å². The van der Waals surface area contributed by atoms with Crippen LogP contribution < -0.4 is 11.1 Å². The van der Waals surface area contributed by atoms with Gasteiger partial charge >= 0.3 is 6.18 Å². The summed E-state index contributed by atoms with van der Waals surface area (Å²) in [6, 6.07) is 5.09. The van der Waals surface area contributed by atoms with Crippen molar-refractivity contribution in [2.75, 3.05) is 6.54 Å². The Morgan fingerprint density at radius 2 is 2.04 bits per heavy atom. The molecule has 2 atom stereocenters. The summed E-state index contributed by atoms with van der Waals surface area (Å²) in [7, 11) is 0. The zero-order valence-electron chi connectivity index (χ0n) is 15.4. The van der Waals surface area contributed by atoms with Crippen LogP contribution >= 0.6 is 0 Å². The predicted molar refractivity (Wildman–Crippen MR) is 98.2 cm³/mol. The van der Waals surface area contributed by atoms with Gasteiger partial charge in [-0.3, -0.25) is 4.79 Å². The van der Waals surface area contributed by atoms with Crippen molar-refractivity contribution in [1.82, 2.24) is 15.1 Å². The standard InChI is InChI=1S/C20H23F3N4O/c21-20(22,23)14-4-2-5-15(9-14)27-18(12-7-8-12)16(11-25-27)19(28)26-17-6-1-3-13(17)10-24/h2,4-5,9,11-13,17H,1,3,6-8,10,24H2,(H,26,28). The van der Waals surface area contributed by atoms with Crippen LogP contribution in [0.5, 0.6) is 0 Å². The van der Waals surface area contributed by atoms with Crippen molar-refractivity contribution in [1.29, 1.82) is 0 Å². The van der Waals surface area contributed by atoms with Gasteiger partial charge in [-0.2, -0.15) is 18.3 Å². The lowest BCUT2D eigenvalue weighted by molar-refractivity contribution is -0.137. The van der Waals surface area contributed by atoms with Crippen molar-refractivity contribution in [2.45, 2.75) is 50.2 Å². The van der Waals surface area contributed by atoms with Gasteiger partial charge in [-0.15, -0.1) is 0 Å². The van der Waals surface area contributed by atoms with Crippen LogP contribution in [0.4, 0.5) is 13.2 Å². The molecule has 2 unspecified atom stereocenters. The van der Waals surface area contributed by atoms with Gasteiger partial charge in [-0.1, -0.05) is 12.5 Å². The predicted octanol–water partition coefficient (Wildman–Crippen LogP) is 3.63. The second-order valence-corrected chi connectivity index (χ2v) is 7.68. The molecule has 0 bridgehead atoms. The first-order chi connectivity index (χ1) is 13.4. The summed E-state index contributed by atoms with van der Waals surface area (Å²) >= 11 is 0. The number of amides is 1. The fraction of sp³-hybridized carbons (Fsp3) is 0.500. The van der Waals surface area contributed by atoms with E-state index in [1.54, 1.807) is 6.07 Å². The van der Waals surface area contributed by atoms with E-state index in [1.807, 2.05) is 0 Å². The van der Waals surface area contributed by atoms with Crippen LogP contribution in [0.3, 0.4) is 0 Å². The lowest BCUT2D eigenvalue weighted by atomic mass is 10.0. The molecule has 150 valence electrons. The lowest BCUT2D eigenvalue weighted by Gasteiger charge is -2.19. The summed E-state index contributed by atoms with van der Waals surface area (Å²) in [6.07, 6.45) is 1.78. The molecule has 3 N–H and O–H groups in total. The SMILES string of the molecule is NCC1CCCC1NC(=O)c1cnn(-c2cccc(C(F)(F)F)c2)c1C1CC1. The number of hydrogen-bond acceptors (Lipinski definition) is 3. The van der Waals surface area contributed by atoms with E-state index in [1.165, 1.54) is 16.9 Å². The number of benzene rings is 1. The highest BCUT2D eigenvalue weighted by Crippen LogP contribution is 2.43. The molecule has 2 fully saturated rings. The molecule has 0 aliphatic heterocycles. The van der Waals surface area contributed by atoms with Crippen molar-refractivity contribution < 1.29 is 18.0 Å². The second kappa shape index (κ2) is 7.24. The largest absolute Gasteiger partial charge is 0.416 e. The second-order valence-electron chi connectivity index (χ2n) is 7.68. The van der Waals surface area contributed by atoms with Crippen LogP contribution in [0.2, 0.25) is 0 Å². The average molecular weight is 392 g/mol. The number of carbonyl (C=O) groups excluding carboxylic acids is 1. The molecule has 1 heterocycles. The summed E-state index contributed by atoms with van der Waals surface area (Å²) in [4.78, 5) is 12.9. The number of halogens is 3. The van der Waals surface area contributed by atoms with Gasteiger partial charge in [0.2, 0.25) is 0 Å². The van der Waals surface area contributed by atoms with E-state index >= 15 is 0 Å². The zero-order chi connectivity index (χ0) is 19.9. The van der Waals surface area contributed by atoms with Crippen molar-refractivity contribution in [3.05, 3.63) is 47.3 Å². The van der Waals surface area contributed by atoms with E-state index in [2.05, 4.69) is 10.4 Å². The van der Waals surface area contributed by atoms with Crippen molar-refractivity contribution >= 4 is 5.91 Å². The van der Waals surface area contributed by atoms with Gasteiger partial charge in [0.05, 0.1) is 28.7 Å². The van der Waals surface area contributed by atoms with Gasteiger partial charge in [0.25, 0.3) is 5.91 Å². The van der Waals surface area contributed by atoms with Gasteiger partial charge in [0.1, 0.15) is 0 Å². The Hall–Kier alpha value is -2.35. The molecule has 1 amide bonds. The Bertz CT molecular complexity index is 873. The first-order valence-electron chi connectivity index (χ1n) is 9.65. The third kappa shape index (κ3) is 3.65. The molecular formula is C20H23F3N4O. The van der Waals surface area contributed by atoms with E-state index < -0.39 is 11.7 Å². The van der Waals surface area contributed by atoms with Gasteiger partial charge in [0, 0.05) is 12.0 Å². The first-order valence-corrected chi connectivity index (χ1v) is 9.65. The lowest BCUT2D eigenvalue weighted by Crippen LogP contribution is -2.40. The van der Waals surface area contributed by atoms with E-state index in [4.69, 9.17) is 5.73 Å². The molecule has 2 aliphatic rings. The van der Waals surface area contributed by atoms with E-state index in [0.29, 0.717) is 23.5 Å². The van der Waals surface area contributed by atoms with Crippen LogP contribution in [0.25, 0.3) is 5.69 Å². The van der Waals surface area contributed by atoms with Crippen LogP contribution in [0.15, 0.2) is 30.5 Å². The molecule has 0 radical (unpaired) electrons. The fourth-order valence-corrected chi connectivity index (χ4v) is 4.06. The first kappa shape index (κ1) is 19.0. The molecule has 2 aromatic rings. The van der Waals surface area contributed by atoms with Crippen LogP contribution in [-0.2, 0) is 6.18 Å². The molecular weight excluding hydrogens is 369 g/mol. The highest BCUT2D eigenvalue weighted by atomic mass is 19.4. The summed E-state index contributed by atoms with van der Waals surface area (Å²) < 4.78 is 40.7. The molecule has 0 spiro atoms. The normalized spacial score (nSPS) is 22.4. The van der Waals surface area contributed by atoms with Crippen molar-refractivity contribution in [2.24, 2.45) is 11.7 Å². The Kier molecular flexibility index (Phi) is 4.91. The van der Waals surface area contributed by atoms with Gasteiger partial charge in [-0.25, -0.2) is 4.68 Å². The average Bonchev–Trinajstić information content (AvgIpc) is 3.24. The van der Waals surface area contributed by atoms with E-state index in [-0.39, 0.29) is 23.8 Å². The summed E-state index contributed by atoms with van der Waals surface area (Å²) in [5.41, 5.74) is 6.52. The zero-order valence-corrected chi connectivity index (χ0v) is 15.4. The highest BCUT2D eigenvalue weighted by molar-refractivity contribution is 5.95. The Balaban J connectivity index is 1.65. The van der Waals surface area contributed by atoms with Gasteiger partial charge < -0.3 is 11.1 Å². The molecule has 0 saturated heterocycles. The maximum absolute atomic E-state index is 13.1. The molecule has 1 aromatic heterocycles. The molecule has 1 aromatic carbocycles. The molecule has 5 nitrogen and oxygen atoms in total. The molecule has 8 heteroatoms. The van der Waals surface area contributed by atoms with Crippen LogP contribution in [-0.4, -0.2) is 28.3 Å². The number of aromatic nitrogens is 2. The Morgan fingerprint density at radius 3 is 2.71 bits per heavy atom. The number of hydrogen-bond donors (Lipinski definition) is 2. The number of carbonyl (C=O) groups is 1. The molecule has 28 heavy (non-hydrogen) atoms. The Morgan fingerprint density at radius 1 is 1.25 bits per heavy atom. The minimum absolute atomic E-state index is 0.0430. The third-order valence-electron chi connectivity index (χ3n) is 5.71. The molecule has 2 saturated carbocycles. The minimum Gasteiger partial charge on any atom is -0.349 e. The van der Waals surface area contributed by atoms with E-state index in [9.17, 15) is 18.0 Å². The van der Waals surface area contributed by atoms with Crippen LogP contribution in [0, 0.1) is 5.92 Å². The maximum Gasteiger partial charge on any atom is 0.416 e. The smallest absolute Gasteiger partial charge is 0.349 e. The minimum atomic E-state index is -4.43. The maximum atomic E-state index is 13.1. The third-order valence-corrected chi connectivity index (χ3v) is 5.71. The summed E-state index contributed by atoms with van der Waals surface area (Å²) in [5.74, 6) is 0.198. The summed E-state index contributed by atoms with van der Waals surface area (Å²) in [6.45, 7) is 0.532. The van der Waals surface area contributed by atoms with Crippen molar-refractivity contribution in [3.8, 4) is 5.69 Å². The fourth-order valence-electron chi connectivity index (χ4n) is 4.06. The van der Waals surface area contributed by atoms with Crippen LogP contribution in [0.1, 0.15) is 59.6 Å². The summed E-state index contributed by atoms with van der Waals surface area (Å²) in [5, 5.41) is 7.34. The quantitative estimate of drug-likeness (QED) is 0.816. The van der Waals surface area contributed by atoms with E-state index in [0.717, 1.165) is 44.2 Å². The number of nitrogens with zero attached hydrogens (tertiary/aromatic N) is 2. The topological polar surface area (TPSA) is 72.9 Å². The molecule has 2 aliphatic carbocycles.